The summed E-state index contributed by atoms with van der Waals surface area (Å²) in [5.41, 5.74) is -0.148. The Morgan fingerprint density at radius 2 is 1.78 bits per heavy atom. The number of amides is 2. The highest BCUT2D eigenvalue weighted by molar-refractivity contribution is 6.22. The molecular weight excluding hydrogens is 344 g/mol. The molecule has 1 fully saturated rings. The van der Waals surface area contributed by atoms with Crippen molar-refractivity contribution in [2.24, 2.45) is 5.92 Å². The number of methoxy groups -OCH3 is 1. The minimum Gasteiger partial charge on any atom is -0.463 e. The van der Waals surface area contributed by atoms with Crippen LogP contribution in [0.4, 0.5) is 5.69 Å². The molecule has 0 N–H and O–H groups in total. The summed E-state index contributed by atoms with van der Waals surface area (Å²) in [6.07, 6.45) is -0.237. The number of carbonyl (C=O) groups excluding carboxylic acids is 3. The lowest BCUT2D eigenvalue weighted by atomic mass is 9.77. The molecule has 0 aliphatic carbocycles. The van der Waals surface area contributed by atoms with Crippen molar-refractivity contribution in [3.8, 4) is 0 Å². The summed E-state index contributed by atoms with van der Waals surface area (Å²) in [4.78, 5) is 43.1. The zero-order valence-corrected chi connectivity index (χ0v) is 15.0. The summed E-state index contributed by atoms with van der Waals surface area (Å²) in [6, 6.07) is 15.2. The SMILES string of the molecule is [C-]#[N+][C@](C(=O)OC)(c1ccccc1)[C@H]1CC(=O)N(c2ccc(C)cc2)C1=O. The van der Waals surface area contributed by atoms with Gasteiger partial charge in [-0.2, -0.15) is 0 Å². The minimum atomic E-state index is -1.90. The lowest BCUT2D eigenvalue weighted by molar-refractivity contribution is -0.149. The van der Waals surface area contributed by atoms with Crippen LogP contribution in [0.15, 0.2) is 54.6 Å². The van der Waals surface area contributed by atoms with Crippen molar-refractivity contribution in [3.05, 3.63) is 77.1 Å². The fourth-order valence-corrected chi connectivity index (χ4v) is 3.42. The second kappa shape index (κ2) is 7.04. The summed E-state index contributed by atoms with van der Waals surface area (Å²) in [7, 11) is 1.17. The summed E-state index contributed by atoms with van der Waals surface area (Å²) in [6.45, 7) is 9.64. The molecule has 27 heavy (non-hydrogen) atoms. The number of aryl methyl sites for hydroxylation is 1. The van der Waals surface area contributed by atoms with Gasteiger partial charge in [0.1, 0.15) is 5.92 Å². The van der Waals surface area contributed by atoms with Crippen LogP contribution in [0.5, 0.6) is 0 Å². The maximum atomic E-state index is 13.2. The van der Waals surface area contributed by atoms with Crippen LogP contribution in [0.2, 0.25) is 0 Å². The number of hydrogen-bond donors (Lipinski definition) is 0. The Hall–Kier alpha value is -3.46. The van der Waals surface area contributed by atoms with Crippen molar-refractivity contribution >= 4 is 23.5 Å². The first-order valence-electron chi connectivity index (χ1n) is 8.41. The first-order valence-corrected chi connectivity index (χ1v) is 8.41. The molecule has 0 bridgehead atoms. The molecule has 0 aromatic heterocycles. The van der Waals surface area contributed by atoms with Gasteiger partial charge in [0.15, 0.2) is 0 Å². The van der Waals surface area contributed by atoms with Gasteiger partial charge in [-0.15, -0.1) is 0 Å². The first kappa shape index (κ1) is 18.3. The number of carbonyl (C=O) groups is 3. The molecule has 0 unspecified atom stereocenters. The standard InChI is InChI=1S/C21H18N2O4/c1-14-9-11-16(12-10-14)23-18(24)13-17(19(23)25)21(22-2,20(26)27-3)15-7-5-4-6-8-15/h4-12,17H,13H2,1,3H3/t17-,21+/m0/s1. The maximum Gasteiger partial charge on any atom is 0.399 e. The Bertz CT molecular complexity index is 931. The van der Waals surface area contributed by atoms with E-state index in [-0.39, 0.29) is 6.42 Å². The molecule has 2 aromatic rings. The van der Waals surface area contributed by atoms with Crippen molar-refractivity contribution in [1.29, 1.82) is 0 Å². The predicted octanol–water partition coefficient (Wildman–Crippen LogP) is 2.86. The second-order valence-corrected chi connectivity index (χ2v) is 6.40. The summed E-state index contributed by atoms with van der Waals surface area (Å²) < 4.78 is 4.88. The Labute approximate surface area is 157 Å². The summed E-state index contributed by atoms with van der Waals surface area (Å²) in [5, 5.41) is 0. The van der Waals surface area contributed by atoms with Gasteiger partial charge < -0.3 is 4.74 Å². The number of hydrogen-bond acceptors (Lipinski definition) is 4. The van der Waals surface area contributed by atoms with E-state index in [4.69, 9.17) is 11.3 Å². The number of nitrogens with zero attached hydrogens (tertiary/aromatic N) is 2. The van der Waals surface area contributed by atoms with Gasteiger partial charge in [-0.05, 0) is 19.1 Å². The quantitative estimate of drug-likeness (QED) is 0.476. The van der Waals surface area contributed by atoms with Crippen LogP contribution in [0.1, 0.15) is 17.5 Å². The number of benzene rings is 2. The molecule has 0 spiro atoms. The lowest BCUT2D eigenvalue weighted by Crippen LogP contribution is -2.45. The van der Waals surface area contributed by atoms with E-state index in [1.54, 1.807) is 54.6 Å². The Morgan fingerprint density at radius 1 is 1.15 bits per heavy atom. The molecule has 0 radical (unpaired) electrons. The van der Waals surface area contributed by atoms with Crippen molar-refractivity contribution in [3.63, 3.8) is 0 Å². The topological polar surface area (TPSA) is 68.0 Å². The zero-order valence-electron chi connectivity index (χ0n) is 15.0. The van der Waals surface area contributed by atoms with Crippen LogP contribution in [0, 0.1) is 19.4 Å². The van der Waals surface area contributed by atoms with Gasteiger partial charge in [-0.1, -0.05) is 48.0 Å². The Morgan fingerprint density at radius 3 is 2.33 bits per heavy atom. The fraction of sp³-hybridized carbons (Fsp3) is 0.238. The molecule has 136 valence electrons. The van der Waals surface area contributed by atoms with E-state index in [0.717, 1.165) is 10.5 Å². The molecule has 2 aromatic carbocycles. The molecule has 2 amide bonds. The third-order valence-electron chi connectivity index (χ3n) is 4.83. The van der Waals surface area contributed by atoms with Gasteiger partial charge in [-0.25, -0.2) is 11.4 Å². The average Bonchev–Trinajstić information content (AvgIpc) is 2.99. The normalized spacial score (nSPS) is 18.7. The molecule has 3 rings (SSSR count). The maximum absolute atomic E-state index is 13.2. The monoisotopic (exact) mass is 362 g/mol. The van der Waals surface area contributed by atoms with E-state index in [2.05, 4.69) is 4.85 Å². The summed E-state index contributed by atoms with van der Waals surface area (Å²) >= 11 is 0. The number of ether oxygens (including phenoxy) is 1. The van der Waals surface area contributed by atoms with Crippen molar-refractivity contribution in [2.45, 2.75) is 18.9 Å². The molecule has 1 aliphatic rings. The number of imide groups is 1. The highest BCUT2D eigenvalue weighted by Crippen LogP contribution is 2.43. The smallest absolute Gasteiger partial charge is 0.399 e. The van der Waals surface area contributed by atoms with Gasteiger partial charge in [0.25, 0.3) is 0 Å². The van der Waals surface area contributed by atoms with Crippen LogP contribution >= 0.6 is 0 Å². The Kier molecular flexibility index (Phi) is 4.78. The molecule has 2 atom stereocenters. The number of rotatable bonds is 4. The van der Waals surface area contributed by atoms with Crippen LogP contribution in [0.25, 0.3) is 4.85 Å². The largest absolute Gasteiger partial charge is 0.463 e. The zero-order chi connectivity index (χ0) is 19.6. The van der Waals surface area contributed by atoms with E-state index in [1.807, 2.05) is 6.92 Å². The molecule has 1 heterocycles. The highest BCUT2D eigenvalue weighted by Gasteiger charge is 2.63. The van der Waals surface area contributed by atoms with Crippen LogP contribution in [-0.2, 0) is 24.7 Å². The molecule has 6 heteroatoms. The summed E-state index contributed by atoms with van der Waals surface area (Å²) in [5.74, 6) is -3.02. The highest BCUT2D eigenvalue weighted by atomic mass is 16.5. The molecular formula is C21H18N2O4. The molecule has 1 aliphatic heterocycles. The van der Waals surface area contributed by atoms with E-state index in [9.17, 15) is 14.4 Å². The third kappa shape index (κ3) is 2.87. The number of anilines is 1. The van der Waals surface area contributed by atoms with Crippen molar-refractivity contribution in [1.82, 2.24) is 0 Å². The van der Waals surface area contributed by atoms with Crippen LogP contribution in [0.3, 0.4) is 0 Å². The number of esters is 1. The van der Waals surface area contributed by atoms with Crippen molar-refractivity contribution < 1.29 is 19.1 Å². The van der Waals surface area contributed by atoms with Gasteiger partial charge in [0, 0.05) is 12.0 Å². The van der Waals surface area contributed by atoms with E-state index >= 15 is 0 Å². The van der Waals surface area contributed by atoms with E-state index < -0.39 is 29.2 Å². The Balaban J connectivity index is 2.10. The fourth-order valence-electron chi connectivity index (χ4n) is 3.42. The van der Waals surface area contributed by atoms with Crippen LogP contribution < -0.4 is 4.90 Å². The van der Waals surface area contributed by atoms with Crippen LogP contribution in [-0.4, -0.2) is 24.9 Å². The predicted molar refractivity (Wildman–Crippen MR) is 98.5 cm³/mol. The lowest BCUT2D eigenvalue weighted by Gasteiger charge is -2.24. The van der Waals surface area contributed by atoms with Gasteiger partial charge in [-0.3, -0.25) is 19.3 Å². The van der Waals surface area contributed by atoms with Crippen molar-refractivity contribution in [2.75, 3.05) is 12.0 Å². The molecule has 0 saturated carbocycles. The third-order valence-corrected chi connectivity index (χ3v) is 4.83. The molecule has 6 nitrogen and oxygen atoms in total. The van der Waals surface area contributed by atoms with E-state index in [0.29, 0.717) is 11.3 Å². The minimum absolute atomic E-state index is 0.237. The van der Waals surface area contributed by atoms with Gasteiger partial charge >= 0.3 is 11.5 Å². The first-order chi connectivity index (χ1) is 13.0. The second-order valence-electron chi connectivity index (χ2n) is 6.40. The van der Waals surface area contributed by atoms with E-state index in [1.165, 1.54) is 7.11 Å². The molecule has 1 saturated heterocycles. The van der Waals surface area contributed by atoms with Gasteiger partial charge in [0.2, 0.25) is 11.8 Å². The average molecular weight is 362 g/mol. The van der Waals surface area contributed by atoms with Gasteiger partial charge in [0.05, 0.1) is 12.8 Å².